The molecule has 1 heterocycles. The van der Waals surface area contributed by atoms with Crippen molar-refractivity contribution in [2.45, 2.75) is 34.2 Å². The third kappa shape index (κ3) is 4.34. The molecule has 27 heavy (non-hydrogen) atoms. The lowest BCUT2D eigenvalue weighted by Crippen LogP contribution is -2.28. The highest BCUT2D eigenvalue weighted by molar-refractivity contribution is 6.31. The topological polar surface area (TPSA) is 46.1 Å². The van der Waals surface area contributed by atoms with E-state index in [-0.39, 0.29) is 6.03 Å². The molecule has 0 spiro atoms. The zero-order chi connectivity index (χ0) is 19.6. The number of hydrogen-bond donors (Lipinski definition) is 2. The molecule has 2 amide bonds. The van der Waals surface area contributed by atoms with Crippen molar-refractivity contribution in [1.82, 2.24) is 9.88 Å². The molecule has 0 fully saturated rings. The van der Waals surface area contributed by atoms with Gasteiger partial charge in [0, 0.05) is 34.3 Å². The maximum atomic E-state index is 12.3. The molecule has 3 rings (SSSR count). The number of benzene rings is 2. The molecule has 5 heteroatoms. The molecule has 2 aromatic carbocycles. The second-order valence-electron chi connectivity index (χ2n) is 6.83. The number of rotatable bonds is 4. The van der Waals surface area contributed by atoms with E-state index in [0.717, 1.165) is 28.2 Å². The fraction of sp³-hybridized carbons (Fsp3) is 0.227. The van der Waals surface area contributed by atoms with Crippen molar-refractivity contribution >= 4 is 23.3 Å². The van der Waals surface area contributed by atoms with Gasteiger partial charge in [-0.15, -0.1) is 0 Å². The number of nitrogens with zero attached hydrogens (tertiary/aromatic N) is 1. The lowest BCUT2D eigenvalue weighted by molar-refractivity contribution is 0.251. The van der Waals surface area contributed by atoms with E-state index in [0.29, 0.717) is 17.3 Å². The molecule has 0 saturated carbocycles. The molecule has 0 aliphatic rings. The molecule has 0 radical (unpaired) electrons. The van der Waals surface area contributed by atoms with Crippen LogP contribution in [0.3, 0.4) is 0 Å². The average molecular weight is 382 g/mol. The number of amides is 2. The number of aromatic nitrogens is 1. The summed E-state index contributed by atoms with van der Waals surface area (Å²) < 4.78 is 2.20. The van der Waals surface area contributed by atoms with Crippen molar-refractivity contribution in [1.29, 1.82) is 0 Å². The number of halogens is 1. The van der Waals surface area contributed by atoms with Gasteiger partial charge in [0.2, 0.25) is 0 Å². The van der Waals surface area contributed by atoms with E-state index in [4.69, 9.17) is 11.6 Å². The maximum Gasteiger partial charge on any atom is 0.319 e. The maximum absolute atomic E-state index is 12.3. The SMILES string of the molecule is Cc1ccc(-n2c(C)cc(CNC(=O)Nc3cc(Cl)ccc3C)c2C)cc1. The first kappa shape index (κ1) is 19.1. The van der Waals surface area contributed by atoms with Crippen molar-refractivity contribution in [3.63, 3.8) is 0 Å². The van der Waals surface area contributed by atoms with Crippen molar-refractivity contribution in [3.8, 4) is 5.69 Å². The molecular formula is C22H24ClN3O. The molecule has 1 aromatic heterocycles. The van der Waals surface area contributed by atoms with Crippen LogP contribution in [-0.4, -0.2) is 10.6 Å². The number of anilines is 1. The van der Waals surface area contributed by atoms with Gasteiger partial charge in [-0.1, -0.05) is 35.4 Å². The molecule has 140 valence electrons. The van der Waals surface area contributed by atoms with Crippen LogP contribution >= 0.6 is 11.6 Å². The molecule has 3 aromatic rings. The molecule has 0 bridgehead atoms. The van der Waals surface area contributed by atoms with E-state index in [1.807, 2.05) is 13.0 Å². The number of aryl methyl sites for hydroxylation is 3. The normalized spacial score (nSPS) is 10.7. The van der Waals surface area contributed by atoms with Crippen LogP contribution in [0.2, 0.25) is 5.02 Å². The van der Waals surface area contributed by atoms with Crippen LogP contribution in [-0.2, 0) is 6.54 Å². The Labute approximate surface area is 165 Å². The Balaban J connectivity index is 1.71. The number of carbonyl (C=O) groups excluding carboxylic acids is 1. The van der Waals surface area contributed by atoms with E-state index >= 15 is 0 Å². The van der Waals surface area contributed by atoms with Gasteiger partial charge in [-0.3, -0.25) is 0 Å². The summed E-state index contributed by atoms with van der Waals surface area (Å²) in [5.41, 5.74) is 7.38. The zero-order valence-corrected chi connectivity index (χ0v) is 16.8. The standard InChI is InChI=1S/C22H24ClN3O/c1-14-5-9-20(10-6-14)26-16(3)11-18(17(26)4)13-24-22(27)25-21-12-19(23)8-7-15(21)2/h5-12H,13H2,1-4H3,(H2,24,25,27). The highest BCUT2D eigenvalue weighted by Crippen LogP contribution is 2.22. The number of hydrogen-bond acceptors (Lipinski definition) is 1. The van der Waals surface area contributed by atoms with Gasteiger partial charge < -0.3 is 15.2 Å². The molecule has 0 aliphatic carbocycles. The highest BCUT2D eigenvalue weighted by atomic mass is 35.5. The monoisotopic (exact) mass is 381 g/mol. The van der Waals surface area contributed by atoms with Crippen LogP contribution < -0.4 is 10.6 Å². The zero-order valence-electron chi connectivity index (χ0n) is 16.1. The fourth-order valence-corrected chi connectivity index (χ4v) is 3.34. The van der Waals surface area contributed by atoms with Crippen LogP contribution in [0.15, 0.2) is 48.5 Å². The Morgan fingerprint density at radius 2 is 1.70 bits per heavy atom. The van der Waals surface area contributed by atoms with Crippen molar-refractivity contribution in [2.75, 3.05) is 5.32 Å². The van der Waals surface area contributed by atoms with Gasteiger partial charge in [-0.05, 0) is 69.2 Å². The average Bonchev–Trinajstić information content (AvgIpc) is 2.91. The van der Waals surface area contributed by atoms with Crippen molar-refractivity contribution < 1.29 is 4.79 Å². The van der Waals surface area contributed by atoms with Crippen molar-refractivity contribution in [2.24, 2.45) is 0 Å². The van der Waals surface area contributed by atoms with Gasteiger partial charge in [0.1, 0.15) is 0 Å². The lowest BCUT2D eigenvalue weighted by Gasteiger charge is -2.12. The Hall–Kier alpha value is -2.72. The van der Waals surface area contributed by atoms with Gasteiger partial charge in [0.05, 0.1) is 0 Å². The van der Waals surface area contributed by atoms with Crippen LogP contribution in [0.25, 0.3) is 5.69 Å². The molecule has 0 unspecified atom stereocenters. The summed E-state index contributed by atoms with van der Waals surface area (Å²) in [5.74, 6) is 0. The predicted molar refractivity (Wildman–Crippen MR) is 112 cm³/mol. The quantitative estimate of drug-likeness (QED) is 0.599. The van der Waals surface area contributed by atoms with E-state index in [2.05, 4.69) is 66.3 Å². The van der Waals surface area contributed by atoms with E-state index in [9.17, 15) is 4.79 Å². The van der Waals surface area contributed by atoms with E-state index in [1.54, 1.807) is 12.1 Å². The minimum atomic E-state index is -0.250. The molecule has 0 atom stereocenters. The molecular weight excluding hydrogens is 358 g/mol. The van der Waals surface area contributed by atoms with Gasteiger partial charge in [-0.25, -0.2) is 4.79 Å². The summed E-state index contributed by atoms with van der Waals surface area (Å²) in [7, 11) is 0. The Morgan fingerprint density at radius 1 is 1.00 bits per heavy atom. The molecule has 0 aliphatic heterocycles. The summed E-state index contributed by atoms with van der Waals surface area (Å²) in [4.78, 5) is 12.3. The van der Waals surface area contributed by atoms with Crippen molar-refractivity contribution in [3.05, 3.63) is 81.6 Å². The van der Waals surface area contributed by atoms with Gasteiger partial charge in [-0.2, -0.15) is 0 Å². The van der Waals surface area contributed by atoms with Crippen LogP contribution in [0.1, 0.15) is 28.1 Å². The minimum Gasteiger partial charge on any atom is -0.334 e. The third-order valence-corrected chi connectivity index (χ3v) is 4.95. The first-order chi connectivity index (χ1) is 12.8. The smallest absolute Gasteiger partial charge is 0.319 e. The van der Waals surface area contributed by atoms with Crippen LogP contribution in [0.5, 0.6) is 0 Å². The first-order valence-corrected chi connectivity index (χ1v) is 9.29. The van der Waals surface area contributed by atoms with Crippen LogP contribution in [0, 0.1) is 27.7 Å². The summed E-state index contributed by atoms with van der Waals surface area (Å²) in [6.07, 6.45) is 0. The number of nitrogens with one attached hydrogen (secondary N) is 2. The van der Waals surface area contributed by atoms with Gasteiger partial charge in [0.15, 0.2) is 0 Å². The van der Waals surface area contributed by atoms with Gasteiger partial charge in [0.25, 0.3) is 0 Å². The van der Waals surface area contributed by atoms with E-state index < -0.39 is 0 Å². The third-order valence-electron chi connectivity index (χ3n) is 4.72. The molecule has 0 saturated heterocycles. The highest BCUT2D eigenvalue weighted by Gasteiger charge is 2.12. The summed E-state index contributed by atoms with van der Waals surface area (Å²) in [6.45, 7) is 8.61. The lowest BCUT2D eigenvalue weighted by atomic mass is 10.2. The first-order valence-electron chi connectivity index (χ1n) is 8.91. The summed E-state index contributed by atoms with van der Waals surface area (Å²) in [5, 5.41) is 6.38. The fourth-order valence-electron chi connectivity index (χ4n) is 3.17. The summed E-state index contributed by atoms with van der Waals surface area (Å²) in [6, 6.07) is 15.7. The second-order valence-corrected chi connectivity index (χ2v) is 7.27. The predicted octanol–water partition coefficient (Wildman–Crippen LogP) is 5.69. The Morgan fingerprint density at radius 3 is 2.41 bits per heavy atom. The second kappa shape index (κ2) is 7.89. The number of urea groups is 1. The van der Waals surface area contributed by atoms with E-state index in [1.165, 1.54) is 5.56 Å². The Kier molecular flexibility index (Phi) is 5.57. The molecule has 4 nitrogen and oxygen atoms in total. The molecule has 2 N–H and O–H groups in total. The Bertz CT molecular complexity index is 974. The summed E-state index contributed by atoms with van der Waals surface area (Å²) >= 11 is 6.01. The van der Waals surface area contributed by atoms with Crippen LogP contribution in [0.4, 0.5) is 10.5 Å². The van der Waals surface area contributed by atoms with Gasteiger partial charge >= 0.3 is 6.03 Å². The largest absolute Gasteiger partial charge is 0.334 e. The number of carbonyl (C=O) groups is 1. The minimum absolute atomic E-state index is 0.250.